The fourth-order valence-electron chi connectivity index (χ4n) is 2.77. The molecule has 0 saturated carbocycles. The van der Waals surface area contributed by atoms with Crippen molar-refractivity contribution < 1.29 is 30.7 Å². The second kappa shape index (κ2) is 7.65. The molecule has 0 unspecified atom stereocenters. The Labute approximate surface area is 172 Å². The molecule has 0 fully saturated rings. The minimum Gasteiger partial charge on any atom is -0.495 e. The lowest BCUT2D eigenvalue weighted by molar-refractivity contribution is 0.417. The van der Waals surface area contributed by atoms with Crippen LogP contribution in [0.4, 0.5) is 17.1 Å². The molecule has 158 valence electrons. The molecule has 4 N–H and O–H groups in total. The average Bonchev–Trinajstić information content (AvgIpc) is 2.65. The van der Waals surface area contributed by atoms with Crippen molar-refractivity contribution in [1.29, 1.82) is 0 Å². The number of rotatable bonds is 5. The van der Waals surface area contributed by atoms with Crippen LogP contribution in [0, 0.1) is 6.92 Å². The number of nitrogen functional groups attached to an aromatic ring is 1. The zero-order valence-electron chi connectivity index (χ0n) is 15.8. The van der Waals surface area contributed by atoms with Gasteiger partial charge in [0.05, 0.1) is 34.0 Å². The highest BCUT2D eigenvalue weighted by Gasteiger charge is 2.17. The summed E-state index contributed by atoms with van der Waals surface area (Å²) in [6, 6.07) is 8.85. The topological polar surface area (TPSA) is 169 Å². The van der Waals surface area contributed by atoms with Crippen LogP contribution in [0.2, 0.25) is 0 Å². The molecule has 12 heteroatoms. The summed E-state index contributed by atoms with van der Waals surface area (Å²) in [6.45, 7) is 1.73. The van der Waals surface area contributed by atoms with Crippen LogP contribution in [0.15, 0.2) is 62.5 Å². The van der Waals surface area contributed by atoms with E-state index in [2.05, 4.69) is 10.2 Å². The zero-order chi connectivity index (χ0) is 22.3. The van der Waals surface area contributed by atoms with E-state index >= 15 is 0 Å². The van der Waals surface area contributed by atoms with Crippen LogP contribution in [-0.4, -0.2) is 33.1 Å². The molecule has 10 nitrogen and oxygen atoms in total. The first kappa shape index (κ1) is 21.6. The second-order valence-corrected chi connectivity index (χ2v) is 9.20. The van der Waals surface area contributed by atoms with Gasteiger partial charge in [-0.15, -0.1) is 5.11 Å². The number of nitrogens with two attached hydrogens (primary N) is 1. The number of azo groups is 1. The summed E-state index contributed by atoms with van der Waals surface area (Å²) < 4.78 is 70.1. The van der Waals surface area contributed by atoms with E-state index < -0.39 is 30.0 Å². The largest absolute Gasteiger partial charge is 0.495 e. The first-order valence-corrected chi connectivity index (χ1v) is 11.2. The minimum atomic E-state index is -4.57. The molecule has 30 heavy (non-hydrogen) atoms. The SMILES string of the molecule is COc1cc(/N=N/c2cc(S(=O)(=O)O)cc3ccc(S(=O)(=O)O)cc23)c(C)cc1N. The number of anilines is 1. The van der Waals surface area contributed by atoms with Crippen LogP contribution in [0.25, 0.3) is 10.8 Å². The third-order valence-corrected chi connectivity index (χ3v) is 5.97. The van der Waals surface area contributed by atoms with Gasteiger partial charge in [0.1, 0.15) is 5.75 Å². The molecule has 0 atom stereocenters. The average molecular weight is 451 g/mol. The molecule has 0 aliphatic rings. The summed E-state index contributed by atoms with van der Waals surface area (Å²) in [4.78, 5) is -0.855. The van der Waals surface area contributed by atoms with Gasteiger partial charge in [0, 0.05) is 11.5 Å². The maximum atomic E-state index is 11.6. The summed E-state index contributed by atoms with van der Waals surface area (Å²) in [5.41, 5.74) is 7.22. The molecule has 0 aliphatic heterocycles. The first-order chi connectivity index (χ1) is 13.9. The van der Waals surface area contributed by atoms with Crippen molar-refractivity contribution in [2.75, 3.05) is 12.8 Å². The van der Waals surface area contributed by atoms with Gasteiger partial charge in [-0.25, -0.2) is 0 Å². The Morgan fingerprint density at radius 1 is 0.867 bits per heavy atom. The Kier molecular flexibility index (Phi) is 5.52. The highest BCUT2D eigenvalue weighted by molar-refractivity contribution is 7.86. The Hall–Kier alpha value is -3.06. The number of aryl methyl sites for hydroxylation is 1. The molecule has 0 aliphatic carbocycles. The predicted molar refractivity (Wildman–Crippen MR) is 110 cm³/mol. The number of benzene rings is 3. The van der Waals surface area contributed by atoms with Gasteiger partial charge in [0.2, 0.25) is 0 Å². The molecule has 0 heterocycles. The van der Waals surface area contributed by atoms with Gasteiger partial charge in [-0.3, -0.25) is 9.11 Å². The van der Waals surface area contributed by atoms with E-state index in [9.17, 15) is 25.9 Å². The summed E-state index contributed by atoms with van der Waals surface area (Å²) >= 11 is 0. The van der Waals surface area contributed by atoms with Crippen molar-refractivity contribution >= 4 is 48.1 Å². The maximum absolute atomic E-state index is 11.6. The molecule has 3 aromatic rings. The standard InChI is InChI=1S/C18H17N3O7S2/c1-10-5-15(19)18(28-2)9-16(10)20-21-17-8-13(30(25,26)27)6-11-3-4-12(7-14(11)17)29(22,23)24/h3-9H,19H2,1-2H3,(H,22,23,24)(H,25,26,27)/b21-20+. The number of hydrogen-bond acceptors (Lipinski definition) is 8. The normalized spacial score (nSPS) is 12.5. The van der Waals surface area contributed by atoms with Crippen LogP contribution < -0.4 is 10.5 Å². The number of ether oxygens (including phenoxy) is 1. The number of methoxy groups -OCH3 is 1. The quantitative estimate of drug-likeness (QED) is 0.300. The van der Waals surface area contributed by atoms with Crippen molar-refractivity contribution in [3.8, 4) is 5.75 Å². The molecule has 0 spiro atoms. The van der Waals surface area contributed by atoms with Gasteiger partial charge in [0.15, 0.2) is 0 Å². The van der Waals surface area contributed by atoms with E-state index in [0.717, 1.165) is 24.3 Å². The molecule has 0 amide bonds. The highest BCUT2D eigenvalue weighted by atomic mass is 32.2. The Bertz CT molecular complexity index is 1400. The van der Waals surface area contributed by atoms with Crippen LogP contribution in [0.5, 0.6) is 5.75 Å². The van der Waals surface area contributed by atoms with Crippen LogP contribution in [-0.2, 0) is 20.2 Å². The maximum Gasteiger partial charge on any atom is 0.294 e. The van der Waals surface area contributed by atoms with Crippen molar-refractivity contribution in [3.05, 3.63) is 48.0 Å². The van der Waals surface area contributed by atoms with Crippen molar-refractivity contribution in [2.24, 2.45) is 10.2 Å². The molecule has 0 bridgehead atoms. The number of nitrogens with zero attached hydrogens (tertiary/aromatic N) is 2. The van der Waals surface area contributed by atoms with Crippen LogP contribution in [0.3, 0.4) is 0 Å². The highest BCUT2D eigenvalue weighted by Crippen LogP contribution is 2.35. The van der Waals surface area contributed by atoms with Crippen molar-refractivity contribution in [2.45, 2.75) is 16.7 Å². The number of fused-ring (bicyclic) bond motifs is 1. The van der Waals surface area contributed by atoms with Gasteiger partial charge >= 0.3 is 0 Å². The predicted octanol–water partition coefficient (Wildman–Crippen LogP) is 3.65. The van der Waals surface area contributed by atoms with Gasteiger partial charge in [-0.1, -0.05) is 6.07 Å². The molecule has 0 saturated heterocycles. The fraction of sp³-hybridized carbons (Fsp3) is 0.111. The molecular weight excluding hydrogens is 434 g/mol. The fourth-order valence-corrected chi connectivity index (χ4v) is 3.82. The summed E-state index contributed by atoms with van der Waals surface area (Å²) in [7, 11) is -7.64. The summed E-state index contributed by atoms with van der Waals surface area (Å²) in [5.74, 6) is 0.361. The monoisotopic (exact) mass is 451 g/mol. The molecular formula is C18H17N3O7S2. The van der Waals surface area contributed by atoms with Crippen molar-refractivity contribution in [3.63, 3.8) is 0 Å². The molecule has 0 aromatic heterocycles. The van der Waals surface area contributed by atoms with Gasteiger partial charge in [-0.05, 0) is 48.2 Å². The molecule has 3 aromatic carbocycles. The third-order valence-electron chi connectivity index (χ3n) is 4.29. The molecule has 0 radical (unpaired) electrons. The lowest BCUT2D eigenvalue weighted by atomic mass is 10.1. The van der Waals surface area contributed by atoms with Gasteiger partial charge in [-0.2, -0.15) is 21.9 Å². The first-order valence-electron chi connectivity index (χ1n) is 8.29. The Morgan fingerprint density at radius 3 is 2.10 bits per heavy atom. The van der Waals surface area contributed by atoms with Crippen LogP contribution in [0.1, 0.15) is 5.56 Å². The zero-order valence-corrected chi connectivity index (χ0v) is 17.4. The van der Waals surface area contributed by atoms with Crippen molar-refractivity contribution in [1.82, 2.24) is 0 Å². The van der Waals surface area contributed by atoms with E-state index in [1.807, 2.05) is 0 Å². The summed E-state index contributed by atoms with van der Waals surface area (Å²) in [6.07, 6.45) is 0. The van der Waals surface area contributed by atoms with Gasteiger partial charge < -0.3 is 10.5 Å². The van der Waals surface area contributed by atoms with E-state index in [-0.39, 0.29) is 16.5 Å². The van der Waals surface area contributed by atoms with E-state index in [1.54, 1.807) is 13.0 Å². The smallest absolute Gasteiger partial charge is 0.294 e. The minimum absolute atomic E-state index is 0.0409. The third kappa shape index (κ3) is 4.41. The number of hydrogen-bond donors (Lipinski definition) is 3. The van der Waals surface area contributed by atoms with E-state index in [4.69, 9.17) is 10.5 Å². The van der Waals surface area contributed by atoms with E-state index in [0.29, 0.717) is 22.7 Å². The molecule has 3 rings (SSSR count). The lowest BCUT2D eigenvalue weighted by Gasteiger charge is -2.08. The Balaban J connectivity index is 2.26. The van der Waals surface area contributed by atoms with Gasteiger partial charge in [0.25, 0.3) is 20.2 Å². The summed E-state index contributed by atoms with van der Waals surface area (Å²) in [5, 5.41) is 8.59. The second-order valence-electron chi connectivity index (χ2n) is 6.36. The van der Waals surface area contributed by atoms with E-state index in [1.165, 1.54) is 19.2 Å². The van der Waals surface area contributed by atoms with Crippen LogP contribution >= 0.6 is 0 Å². The lowest BCUT2D eigenvalue weighted by Crippen LogP contribution is -1.99. The Morgan fingerprint density at radius 2 is 1.50 bits per heavy atom.